The number of hydrogen-bond donors (Lipinski definition) is 0. The van der Waals surface area contributed by atoms with Crippen molar-refractivity contribution in [3.05, 3.63) is 81.8 Å². The number of thioether (sulfide) groups is 2. The number of fused-ring (bicyclic) bond motifs is 1. The van der Waals surface area contributed by atoms with Crippen molar-refractivity contribution < 1.29 is 0 Å². The second-order valence-electron chi connectivity index (χ2n) is 6.02. The minimum Gasteiger partial charge on any atom is -0.268 e. The molecule has 0 aliphatic carbocycles. The smallest absolute Gasteiger partial charge is 0.268 e. The molecule has 0 N–H and O–H groups in total. The van der Waals surface area contributed by atoms with Crippen LogP contribution in [0.2, 0.25) is 0 Å². The lowest BCUT2D eigenvalue weighted by molar-refractivity contribution is 0.739. The zero-order chi connectivity index (χ0) is 17.2. The highest BCUT2D eigenvalue weighted by molar-refractivity contribution is 7.99. The van der Waals surface area contributed by atoms with Crippen LogP contribution in [0, 0.1) is 6.92 Å². The highest BCUT2D eigenvalue weighted by atomic mass is 32.2. The number of nitrogens with zero attached hydrogens (tertiary/aromatic N) is 2. The van der Waals surface area contributed by atoms with Gasteiger partial charge in [0.2, 0.25) is 0 Å². The van der Waals surface area contributed by atoms with Crippen LogP contribution in [0.1, 0.15) is 16.8 Å². The minimum atomic E-state index is 0.0620. The SMILES string of the molecule is Cc1ccc(-n2c(SCc3ccccc3)nc3c(c2=O)SCC3)cc1. The normalized spacial score (nSPS) is 13.0. The van der Waals surface area contributed by atoms with E-state index in [9.17, 15) is 4.79 Å². The van der Waals surface area contributed by atoms with Crippen molar-refractivity contribution in [1.29, 1.82) is 0 Å². The third kappa shape index (κ3) is 3.39. The third-order valence-electron chi connectivity index (χ3n) is 4.17. The topological polar surface area (TPSA) is 34.9 Å². The molecular weight excluding hydrogens is 348 g/mol. The molecule has 0 saturated carbocycles. The molecule has 0 bridgehead atoms. The predicted molar refractivity (Wildman–Crippen MR) is 105 cm³/mol. The number of hydrogen-bond acceptors (Lipinski definition) is 4. The quantitative estimate of drug-likeness (QED) is 0.504. The second-order valence-corrected chi connectivity index (χ2v) is 8.07. The average molecular weight is 367 g/mol. The Morgan fingerprint density at radius 1 is 1.12 bits per heavy atom. The fraction of sp³-hybridized carbons (Fsp3) is 0.200. The fourth-order valence-corrected chi connectivity index (χ4v) is 4.84. The zero-order valence-electron chi connectivity index (χ0n) is 13.9. The Labute approximate surface area is 155 Å². The molecule has 1 aliphatic heterocycles. The van der Waals surface area contributed by atoms with E-state index in [2.05, 4.69) is 19.1 Å². The zero-order valence-corrected chi connectivity index (χ0v) is 15.6. The minimum absolute atomic E-state index is 0.0620. The van der Waals surface area contributed by atoms with E-state index in [1.54, 1.807) is 28.1 Å². The van der Waals surface area contributed by atoms with Crippen molar-refractivity contribution >= 4 is 23.5 Å². The Morgan fingerprint density at radius 2 is 1.88 bits per heavy atom. The Balaban J connectivity index is 1.77. The van der Waals surface area contributed by atoms with E-state index in [-0.39, 0.29) is 5.56 Å². The summed E-state index contributed by atoms with van der Waals surface area (Å²) in [5.41, 5.74) is 4.31. The van der Waals surface area contributed by atoms with E-state index >= 15 is 0 Å². The summed E-state index contributed by atoms with van der Waals surface area (Å²) >= 11 is 3.25. The average Bonchev–Trinajstić information content (AvgIpc) is 3.11. The van der Waals surface area contributed by atoms with E-state index < -0.39 is 0 Å². The summed E-state index contributed by atoms with van der Waals surface area (Å²) in [7, 11) is 0. The summed E-state index contributed by atoms with van der Waals surface area (Å²) in [6.07, 6.45) is 0.878. The summed E-state index contributed by atoms with van der Waals surface area (Å²) in [4.78, 5) is 18.7. The lowest BCUT2D eigenvalue weighted by atomic mass is 10.2. The van der Waals surface area contributed by atoms with E-state index in [0.717, 1.165) is 39.4 Å². The summed E-state index contributed by atoms with van der Waals surface area (Å²) in [5, 5.41) is 0.777. The van der Waals surface area contributed by atoms with Crippen LogP contribution in [0.25, 0.3) is 5.69 Å². The van der Waals surface area contributed by atoms with Gasteiger partial charge in [0.05, 0.1) is 16.3 Å². The van der Waals surface area contributed by atoms with Gasteiger partial charge < -0.3 is 0 Å². The maximum atomic E-state index is 13.1. The first kappa shape index (κ1) is 16.5. The Bertz CT molecular complexity index is 950. The lowest BCUT2D eigenvalue weighted by Gasteiger charge is -2.14. The number of aromatic nitrogens is 2. The number of aryl methyl sites for hydroxylation is 2. The van der Waals surface area contributed by atoms with Gasteiger partial charge in [-0.3, -0.25) is 9.36 Å². The van der Waals surface area contributed by atoms with Crippen LogP contribution < -0.4 is 5.56 Å². The van der Waals surface area contributed by atoms with Crippen LogP contribution in [-0.4, -0.2) is 15.3 Å². The van der Waals surface area contributed by atoms with E-state index in [0.29, 0.717) is 0 Å². The molecule has 0 spiro atoms. The van der Waals surface area contributed by atoms with Gasteiger partial charge in [-0.1, -0.05) is 59.8 Å². The molecule has 0 unspecified atom stereocenters. The molecule has 0 saturated heterocycles. The summed E-state index contributed by atoms with van der Waals surface area (Å²) in [6.45, 7) is 2.05. The van der Waals surface area contributed by atoms with E-state index in [4.69, 9.17) is 4.98 Å². The molecule has 1 aromatic heterocycles. The largest absolute Gasteiger partial charge is 0.272 e. The van der Waals surface area contributed by atoms with Gasteiger partial charge in [-0.2, -0.15) is 0 Å². The van der Waals surface area contributed by atoms with Crippen molar-refractivity contribution in [2.24, 2.45) is 0 Å². The number of rotatable bonds is 4. The van der Waals surface area contributed by atoms with E-state index in [1.807, 2.05) is 42.5 Å². The Hall–Kier alpha value is -1.98. The highest BCUT2D eigenvalue weighted by Crippen LogP contribution is 2.31. The van der Waals surface area contributed by atoms with Crippen LogP contribution in [0.15, 0.2) is 69.4 Å². The molecule has 25 heavy (non-hydrogen) atoms. The van der Waals surface area contributed by atoms with Crippen LogP contribution in [0.3, 0.4) is 0 Å². The lowest BCUT2D eigenvalue weighted by Crippen LogP contribution is -2.23. The monoisotopic (exact) mass is 366 g/mol. The highest BCUT2D eigenvalue weighted by Gasteiger charge is 2.22. The Kier molecular flexibility index (Phi) is 4.68. The second kappa shape index (κ2) is 7.10. The van der Waals surface area contributed by atoms with Crippen molar-refractivity contribution in [3.8, 4) is 5.69 Å². The predicted octanol–water partition coefficient (Wildman–Crippen LogP) is 4.48. The molecule has 0 radical (unpaired) electrons. The molecule has 126 valence electrons. The standard InChI is InChI=1S/C20H18N2OS2/c1-14-7-9-16(10-8-14)22-19(23)18-17(11-12-24-18)21-20(22)25-13-15-5-3-2-4-6-15/h2-10H,11-13H2,1H3. The molecule has 0 amide bonds. The molecule has 0 atom stereocenters. The van der Waals surface area contributed by atoms with Gasteiger partial charge in [0.1, 0.15) is 0 Å². The van der Waals surface area contributed by atoms with Gasteiger partial charge in [-0.15, -0.1) is 11.8 Å². The molecule has 2 aromatic carbocycles. The maximum absolute atomic E-state index is 13.1. The van der Waals surface area contributed by atoms with Crippen LogP contribution in [0.4, 0.5) is 0 Å². The van der Waals surface area contributed by atoms with Gasteiger partial charge in [0.15, 0.2) is 5.16 Å². The molecule has 0 fully saturated rings. The van der Waals surface area contributed by atoms with Gasteiger partial charge in [0.25, 0.3) is 5.56 Å². The first-order valence-electron chi connectivity index (χ1n) is 8.25. The van der Waals surface area contributed by atoms with Crippen molar-refractivity contribution in [3.63, 3.8) is 0 Å². The molecule has 5 heteroatoms. The van der Waals surface area contributed by atoms with E-state index in [1.165, 1.54) is 11.1 Å². The summed E-state index contributed by atoms with van der Waals surface area (Å²) in [6, 6.07) is 18.4. The molecule has 2 heterocycles. The molecule has 1 aliphatic rings. The molecule has 4 rings (SSSR count). The van der Waals surface area contributed by atoms with Gasteiger partial charge >= 0.3 is 0 Å². The van der Waals surface area contributed by atoms with Crippen LogP contribution in [0.5, 0.6) is 0 Å². The third-order valence-corrected chi connectivity index (χ3v) is 6.29. The molecular formula is C20H18N2OS2. The molecule has 3 nitrogen and oxygen atoms in total. The van der Waals surface area contributed by atoms with Crippen LogP contribution in [-0.2, 0) is 12.2 Å². The fourth-order valence-electron chi connectivity index (χ4n) is 2.83. The van der Waals surface area contributed by atoms with Crippen molar-refractivity contribution in [2.45, 2.75) is 29.1 Å². The summed E-state index contributed by atoms with van der Waals surface area (Å²) < 4.78 is 1.77. The first-order chi connectivity index (χ1) is 12.2. The summed E-state index contributed by atoms with van der Waals surface area (Å²) in [5.74, 6) is 1.74. The first-order valence-corrected chi connectivity index (χ1v) is 10.2. The van der Waals surface area contributed by atoms with Crippen LogP contribution >= 0.6 is 23.5 Å². The number of benzene rings is 2. The van der Waals surface area contributed by atoms with Crippen molar-refractivity contribution in [1.82, 2.24) is 9.55 Å². The maximum Gasteiger partial charge on any atom is 0.272 e. The Morgan fingerprint density at radius 3 is 2.64 bits per heavy atom. The van der Waals surface area contributed by atoms with Crippen molar-refractivity contribution in [2.75, 3.05) is 5.75 Å². The van der Waals surface area contributed by atoms with Gasteiger partial charge in [0, 0.05) is 17.9 Å². The van der Waals surface area contributed by atoms with Gasteiger partial charge in [-0.05, 0) is 24.6 Å². The molecule has 3 aromatic rings. The van der Waals surface area contributed by atoms with Gasteiger partial charge in [-0.25, -0.2) is 4.98 Å².